The van der Waals surface area contributed by atoms with E-state index in [-0.39, 0.29) is 17.9 Å². The molecule has 1 saturated carbocycles. The zero-order valence-corrected chi connectivity index (χ0v) is 26.0. The molecule has 2 aromatic heterocycles. The number of hydrogen-bond acceptors (Lipinski definition) is 8. The highest BCUT2D eigenvalue weighted by atomic mass is 16.6. The SMILES string of the molecule is CC(C)(C)OC(=O)N1CCC(O[C@H]2C[C@@H](N3CCC(CC#Cc4cn5cc(-c6ccccc6O)nc5nc4N)CC3)C2)CC1. The fourth-order valence-corrected chi connectivity index (χ4v) is 6.38. The first-order valence-electron chi connectivity index (χ1n) is 15.9. The number of aromatic hydroxyl groups is 1. The number of phenols is 1. The first kappa shape index (κ1) is 30.2. The lowest BCUT2D eigenvalue weighted by atomic mass is 9.84. The molecule has 0 bridgehead atoms. The topological polar surface area (TPSA) is 118 Å². The van der Waals surface area contributed by atoms with Gasteiger partial charge in [-0.1, -0.05) is 24.0 Å². The van der Waals surface area contributed by atoms with Crippen LogP contribution in [-0.4, -0.2) is 85.4 Å². The van der Waals surface area contributed by atoms with Gasteiger partial charge in [0.15, 0.2) is 0 Å². The van der Waals surface area contributed by atoms with Crippen LogP contribution in [0.15, 0.2) is 36.7 Å². The number of nitrogen functional groups attached to an aromatic ring is 1. The smallest absolute Gasteiger partial charge is 0.410 e. The predicted molar refractivity (Wildman–Crippen MR) is 169 cm³/mol. The van der Waals surface area contributed by atoms with Crippen LogP contribution < -0.4 is 5.73 Å². The Morgan fingerprint density at radius 3 is 2.45 bits per heavy atom. The van der Waals surface area contributed by atoms with E-state index in [0.29, 0.717) is 59.6 Å². The first-order valence-corrected chi connectivity index (χ1v) is 15.9. The van der Waals surface area contributed by atoms with E-state index < -0.39 is 5.60 Å². The van der Waals surface area contributed by atoms with Crippen molar-refractivity contribution in [1.82, 2.24) is 24.2 Å². The maximum Gasteiger partial charge on any atom is 0.410 e. The number of imidazole rings is 1. The number of fused-ring (bicyclic) bond motifs is 1. The van der Waals surface area contributed by atoms with E-state index in [1.165, 1.54) is 0 Å². The van der Waals surface area contributed by atoms with Crippen molar-refractivity contribution in [2.45, 2.75) is 89.6 Å². The minimum atomic E-state index is -0.461. The standard InChI is InChI=1S/C34H44N6O4/c1-34(2,3)44-33(42)39-17-13-26(14-18-39)43-27-19-25(20-27)38-15-11-23(12-16-38)7-6-8-24-21-40-22-29(36-32(40)37-31(24)35)28-9-4-5-10-30(28)41/h4-5,9-10,21-23,25-27,41H,7,11-20H2,1-3H3,(H2,35,36,37)/t25-,27+. The Hall–Kier alpha value is -3.81. The lowest BCUT2D eigenvalue weighted by molar-refractivity contribution is -0.106. The van der Waals surface area contributed by atoms with Crippen LogP contribution in [0.3, 0.4) is 0 Å². The predicted octanol–water partition coefficient (Wildman–Crippen LogP) is 5.08. The Morgan fingerprint density at radius 2 is 1.75 bits per heavy atom. The number of phenolic OH excluding ortho intramolecular Hbond substituents is 1. The number of para-hydroxylation sites is 1. The maximum absolute atomic E-state index is 12.3. The van der Waals surface area contributed by atoms with Gasteiger partial charge in [0.1, 0.15) is 17.2 Å². The molecule has 0 radical (unpaired) electrons. The van der Waals surface area contributed by atoms with Crippen molar-refractivity contribution in [2.75, 3.05) is 31.9 Å². The number of nitrogens with two attached hydrogens (primary N) is 1. The number of anilines is 1. The van der Waals surface area contributed by atoms with Gasteiger partial charge in [0.05, 0.1) is 23.5 Å². The Labute approximate surface area is 259 Å². The van der Waals surface area contributed by atoms with E-state index in [2.05, 4.69) is 26.7 Å². The number of rotatable bonds is 5. The van der Waals surface area contributed by atoms with Gasteiger partial charge in [-0.3, -0.25) is 4.40 Å². The van der Waals surface area contributed by atoms with Gasteiger partial charge in [0.2, 0.25) is 5.78 Å². The van der Waals surface area contributed by atoms with Crippen molar-refractivity contribution < 1.29 is 19.4 Å². The number of likely N-dealkylation sites (tertiary alicyclic amines) is 2. The van der Waals surface area contributed by atoms with Gasteiger partial charge in [0, 0.05) is 43.5 Å². The molecule has 1 aliphatic carbocycles. The molecule has 6 rings (SSSR count). The highest BCUT2D eigenvalue weighted by Gasteiger charge is 2.38. The fourth-order valence-electron chi connectivity index (χ4n) is 6.38. The molecule has 10 heteroatoms. The number of benzene rings is 1. The van der Waals surface area contributed by atoms with Gasteiger partial charge in [-0.25, -0.2) is 9.78 Å². The molecule has 0 atom stereocenters. The minimum absolute atomic E-state index is 0.175. The summed E-state index contributed by atoms with van der Waals surface area (Å²) in [6, 6.07) is 7.72. The van der Waals surface area contributed by atoms with E-state index in [0.717, 1.165) is 58.0 Å². The number of carbonyl (C=O) groups excluding carboxylic acids is 1. The average molecular weight is 601 g/mol. The van der Waals surface area contributed by atoms with Gasteiger partial charge in [-0.05, 0) is 90.4 Å². The summed E-state index contributed by atoms with van der Waals surface area (Å²) in [5, 5.41) is 10.2. The molecule has 10 nitrogen and oxygen atoms in total. The largest absolute Gasteiger partial charge is 0.507 e. The highest BCUT2D eigenvalue weighted by Crippen LogP contribution is 2.34. The molecule has 1 aromatic carbocycles. The van der Waals surface area contributed by atoms with Crippen LogP contribution in [0.2, 0.25) is 0 Å². The molecular weight excluding hydrogens is 556 g/mol. The van der Waals surface area contributed by atoms with Crippen molar-refractivity contribution in [3.05, 3.63) is 42.2 Å². The molecule has 1 amide bonds. The molecule has 0 unspecified atom stereocenters. The van der Waals surface area contributed by atoms with Gasteiger partial charge in [0.25, 0.3) is 0 Å². The summed E-state index contributed by atoms with van der Waals surface area (Å²) in [6.07, 6.45) is 11.2. The Morgan fingerprint density at radius 1 is 1.02 bits per heavy atom. The fraction of sp³-hybridized carbons (Fsp3) is 0.559. The van der Waals surface area contributed by atoms with Crippen LogP contribution in [0, 0.1) is 17.8 Å². The number of carbonyl (C=O) groups is 1. The van der Waals surface area contributed by atoms with Gasteiger partial charge < -0.3 is 30.1 Å². The lowest BCUT2D eigenvalue weighted by Crippen LogP contribution is -2.52. The second-order valence-electron chi connectivity index (χ2n) is 13.4. The number of aromatic nitrogens is 3. The molecule has 3 N–H and O–H groups in total. The highest BCUT2D eigenvalue weighted by molar-refractivity contribution is 5.69. The summed E-state index contributed by atoms with van der Waals surface area (Å²) >= 11 is 0. The summed E-state index contributed by atoms with van der Waals surface area (Å²) < 4.78 is 13.7. The van der Waals surface area contributed by atoms with Crippen molar-refractivity contribution in [2.24, 2.45) is 5.92 Å². The molecule has 44 heavy (non-hydrogen) atoms. The van der Waals surface area contributed by atoms with Gasteiger partial charge >= 0.3 is 6.09 Å². The van der Waals surface area contributed by atoms with E-state index in [9.17, 15) is 9.90 Å². The molecule has 4 heterocycles. The number of amides is 1. The number of ether oxygens (including phenoxy) is 2. The maximum atomic E-state index is 12.3. The summed E-state index contributed by atoms with van der Waals surface area (Å²) in [5.74, 6) is 8.20. The van der Waals surface area contributed by atoms with Crippen molar-refractivity contribution in [1.29, 1.82) is 0 Å². The quantitative estimate of drug-likeness (QED) is 0.389. The molecule has 2 aliphatic heterocycles. The average Bonchev–Trinajstić information content (AvgIpc) is 3.37. The number of piperidine rings is 2. The van der Waals surface area contributed by atoms with E-state index in [1.807, 2.05) is 54.6 Å². The van der Waals surface area contributed by atoms with E-state index >= 15 is 0 Å². The summed E-state index contributed by atoms with van der Waals surface area (Å²) in [4.78, 5) is 25.7. The van der Waals surface area contributed by atoms with E-state index in [1.54, 1.807) is 12.1 Å². The van der Waals surface area contributed by atoms with Crippen molar-refractivity contribution in [3.63, 3.8) is 0 Å². The number of nitrogens with zero attached hydrogens (tertiary/aromatic N) is 5. The Bertz CT molecular complexity index is 1530. The summed E-state index contributed by atoms with van der Waals surface area (Å²) in [6.45, 7) is 9.33. The zero-order chi connectivity index (χ0) is 30.8. The second-order valence-corrected chi connectivity index (χ2v) is 13.4. The molecule has 2 saturated heterocycles. The van der Waals surface area contributed by atoms with Crippen LogP contribution in [-0.2, 0) is 9.47 Å². The lowest BCUT2D eigenvalue weighted by Gasteiger charge is -2.46. The third-order valence-electron chi connectivity index (χ3n) is 8.99. The Kier molecular flexibility index (Phi) is 8.70. The van der Waals surface area contributed by atoms with Crippen LogP contribution >= 0.6 is 0 Å². The second kappa shape index (κ2) is 12.7. The van der Waals surface area contributed by atoms with Crippen molar-refractivity contribution in [3.8, 4) is 28.8 Å². The van der Waals surface area contributed by atoms with Crippen LogP contribution in [0.1, 0.15) is 71.3 Å². The van der Waals surface area contributed by atoms with Gasteiger partial charge in [-0.15, -0.1) is 0 Å². The molecule has 3 fully saturated rings. The van der Waals surface area contributed by atoms with Crippen LogP contribution in [0.25, 0.3) is 17.0 Å². The molecule has 3 aliphatic rings. The Balaban J connectivity index is 0.921. The van der Waals surface area contributed by atoms with Gasteiger partial charge in [-0.2, -0.15) is 4.98 Å². The molecule has 234 valence electrons. The third kappa shape index (κ3) is 7.11. The minimum Gasteiger partial charge on any atom is -0.507 e. The number of hydrogen-bond donors (Lipinski definition) is 2. The molecular formula is C34H44N6O4. The van der Waals surface area contributed by atoms with E-state index in [4.69, 9.17) is 15.2 Å². The summed E-state index contributed by atoms with van der Waals surface area (Å²) in [5.41, 5.74) is 7.72. The zero-order valence-electron chi connectivity index (χ0n) is 26.0. The third-order valence-corrected chi connectivity index (χ3v) is 8.99. The normalized spacial score (nSPS) is 21.9. The monoisotopic (exact) mass is 600 g/mol. The summed E-state index contributed by atoms with van der Waals surface area (Å²) in [7, 11) is 0. The first-order chi connectivity index (χ1) is 21.1. The van der Waals surface area contributed by atoms with Crippen LogP contribution in [0.5, 0.6) is 5.75 Å². The van der Waals surface area contributed by atoms with Crippen molar-refractivity contribution >= 4 is 17.7 Å². The van der Waals surface area contributed by atoms with Crippen LogP contribution in [0.4, 0.5) is 10.6 Å². The molecule has 0 spiro atoms. The molecule has 3 aromatic rings.